The number of carbonyl (C=O) groups excluding carboxylic acids is 1. The Bertz CT molecular complexity index is 633. The number of hydrogen-bond acceptors (Lipinski definition) is 5. The molecule has 0 spiro atoms. The van der Waals surface area contributed by atoms with Crippen molar-refractivity contribution in [2.24, 2.45) is 0 Å². The first-order valence-corrected chi connectivity index (χ1v) is 7.54. The Balaban J connectivity index is 1.91. The predicted molar refractivity (Wildman–Crippen MR) is 84.8 cm³/mol. The van der Waals surface area contributed by atoms with Crippen molar-refractivity contribution < 1.29 is 4.79 Å². The van der Waals surface area contributed by atoms with Crippen LogP contribution in [0, 0.1) is 6.92 Å². The van der Waals surface area contributed by atoms with Crippen LogP contribution >= 0.6 is 11.8 Å². The molecule has 5 nitrogen and oxygen atoms in total. The minimum Gasteiger partial charge on any atom is -0.381 e. The van der Waals surface area contributed by atoms with Crippen molar-refractivity contribution in [3.05, 3.63) is 47.8 Å². The van der Waals surface area contributed by atoms with Crippen LogP contribution in [0.15, 0.2) is 41.7 Å². The van der Waals surface area contributed by atoms with Gasteiger partial charge in [0.15, 0.2) is 5.82 Å². The third-order valence-corrected chi connectivity index (χ3v) is 4.10. The van der Waals surface area contributed by atoms with E-state index in [0.717, 1.165) is 5.56 Å². The Morgan fingerprint density at radius 3 is 2.71 bits per heavy atom. The van der Waals surface area contributed by atoms with Gasteiger partial charge in [-0.3, -0.25) is 4.79 Å². The molecule has 21 heavy (non-hydrogen) atoms. The van der Waals surface area contributed by atoms with Gasteiger partial charge in [0.25, 0.3) is 0 Å². The van der Waals surface area contributed by atoms with E-state index in [0.29, 0.717) is 23.1 Å². The molecule has 1 heterocycles. The molecule has 0 radical (unpaired) electrons. The molecule has 1 aromatic heterocycles. The fraction of sp³-hybridized carbons (Fsp3) is 0.267. The first-order valence-electron chi connectivity index (χ1n) is 6.55. The highest BCUT2D eigenvalue weighted by atomic mass is 32.2. The molecule has 0 aliphatic heterocycles. The number of hydrogen-bond donors (Lipinski definition) is 1. The van der Waals surface area contributed by atoms with E-state index in [4.69, 9.17) is 5.73 Å². The zero-order chi connectivity index (χ0) is 15.2. The van der Waals surface area contributed by atoms with E-state index in [9.17, 15) is 4.79 Å². The van der Waals surface area contributed by atoms with Gasteiger partial charge in [0.1, 0.15) is 5.03 Å². The molecule has 0 aliphatic carbocycles. The van der Waals surface area contributed by atoms with Gasteiger partial charge in [-0.2, -0.15) is 0 Å². The first kappa shape index (κ1) is 15.3. The molecular weight excluding hydrogens is 284 g/mol. The summed E-state index contributed by atoms with van der Waals surface area (Å²) in [4.78, 5) is 21.9. The van der Waals surface area contributed by atoms with Crippen LogP contribution in [-0.4, -0.2) is 33.6 Å². The summed E-state index contributed by atoms with van der Waals surface area (Å²) in [6, 6.07) is 8.05. The molecule has 0 bridgehead atoms. The van der Waals surface area contributed by atoms with Crippen molar-refractivity contribution in [2.75, 3.05) is 18.5 Å². The fourth-order valence-electron chi connectivity index (χ4n) is 1.82. The monoisotopic (exact) mass is 302 g/mol. The van der Waals surface area contributed by atoms with Gasteiger partial charge in [0.05, 0.1) is 5.75 Å². The highest BCUT2D eigenvalue weighted by Gasteiger charge is 2.12. The molecule has 2 aromatic rings. The number of amides is 1. The molecule has 0 atom stereocenters. The minimum atomic E-state index is 0.0355. The van der Waals surface area contributed by atoms with E-state index in [2.05, 4.69) is 9.97 Å². The number of carbonyl (C=O) groups is 1. The average Bonchev–Trinajstić information content (AvgIpc) is 2.48. The normalized spacial score (nSPS) is 10.4. The van der Waals surface area contributed by atoms with Crippen LogP contribution in [0.25, 0.3) is 0 Å². The summed E-state index contributed by atoms with van der Waals surface area (Å²) in [5.41, 5.74) is 8.04. The van der Waals surface area contributed by atoms with Gasteiger partial charge in [-0.15, -0.1) is 0 Å². The Morgan fingerprint density at radius 2 is 2.00 bits per heavy atom. The van der Waals surface area contributed by atoms with Crippen LogP contribution in [-0.2, 0) is 11.3 Å². The van der Waals surface area contributed by atoms with Gasteiger partial charge < -0.3 is 10.6 Å². The molecule has 0 saturated heterocycles. The van der Waals surface area contributed by atoms with Crippen LogP contribution < -0.4 is 5.73 Å². The Labute approximate surface area is 128 Å². The third kappa shape index (κ3) is 4.19. The number of anilines is 1. The lowest BCUT2D eigenvalue weighted by Gasteiger charge is -2.18. The first-order chi connectivity index (χ1) is 10.1. The molecule has 6 heteroatoms. The van der Waals surface area contributed by atoms with Crippen LogP contribution in [0.2, 0.25) is 0 Å². The number of aromatic nitrogens is 2. The van der Waals surface area contributed by atoms with Crippen molar-refractivity contribution in [1.29, 1.82) is 0 Å². The van der Waals surface area contributed by atoms with Gasteiger partial charge in [0, 0.05) is 26.0 Å². The second kappa shape index (κ2) is 7.08. The second-order valence-corrected chi connectivity index (χ2v) is 5.68. The van der Waals surface area contributed by atoms with E-state index >= 15 is 0 Å². The Morgan fingerprint density at radius 1 is 1.29 bits per heavy atom. The van der Waals surface area contributed by atoms with Crippen LogP contribution in [0.3, 0.4) is 0 Å². The molecule has 0 unspecified atom stereocenters. The van der Waals surface area contributed by atoms with Crippen molar-refractivity contribution in [1.82, 2.24) is 14.9 Å². The van der Waals surface area contributed by atoms with Crippen molar-refractivity contribution >= 4 is 23.5 Å². The maximum absolute atomic E-state index is 12.2. The van der Waals surface area contributed by atoms with E-state index in [1.54, 1.807) is 18.1 Å². The number of rotatable bonds is 5. The maximum atomic E-state index is 12.2. The summed E-state index contributed by atoms with van der Waals surface area (Å²) in [5, 5.41) is 0.593. The van der Waals surface area contributed by atoms with Gasteiger partial charge in [0.2, 0.25) is 5.91 Å². The fourth-order valence-corrected chi connectivity index (χ4v) is 2.64. The highest BCUT2D eigenvalue weighted by molar-refractivity contribution is 8.00. The lowest BCUT2D eigenvalue weighted by atomic mass is 10.1. The zero-order valence-electron chi connectivity index (χ0n) is 12.1. The maximum Gasteiger partial charge on any atom is 0.233 e. The summed E-state index contributed by atoms with van der Waals surface area (Å²) in [7, 11) is 1.80. The number of benzene rings is 1. The molecular formula is C15H18N4OS. The van der Waals surface area contributed by atoms with E-state index < -0.39 is 0 Å². The van der Waals surface area contributed by atoms with Gasteiger partial charge in [-0.25, -0.2) is 9.97 Å². The largest absolute Gasteiger partial charge is 0.381 e. The number of nitrogen functional groups attached to an aromatic ring is 1. The Kier molecular flexibility index (Phi) is 5.16. The molecule has 1 aromatic carbocycles. The molecule has 2 rings (SSSR count). The van der Waals surface area contributed by atoms with Crippen molar-refractivity contribution in [3.8, 4) is 0 Å². The van der Waals surface area contributed by atoms with Gasteiger partial charge in [-0.1, -0.05) is 36.0 Å². The van der Waals surface area contributed by atoms with Crippen molar-refractivity contribution in [3.63, 3.8) is 0 Å². The molecule has 0 fully saturated rings. The number of aryl methyl sites for hydroxylation is 1. The topological polar surface area (TPSA) is 72.1 Å². The van der Waals surface area contributed by atoms with Crippen molar-refractivity contribution in [2.45, 2.75) is 18.5 Å². The highest BCUT2D eigenvalue weighted by Crippen LogP contribution is 2.20. The Hall–Kier alpha value is -2.08. The predicted octanol–water partition coefficient (Wildman–Crippen LogP) is 2.12. The lowest BCUT2D eigenvalue weighted by Crippen LogP contribution is -2.28. The summed E-state index contributed by atoms with van der Waals surface area (Å²) in [5.74, 6) is 0.691. The number of nitrogens with two attached hydrogens (primary N) is 1. The quantitative estimate of drug-likeness (QED) is 0.857. The van der Waals surface area contributed by atoms with E-state index in [1.165, 1.54) is 23.5 Å². The van der Waals surface area contributed by atoms with Crippen LogP contribution in [0.1, 0.15) is 11.1 Å². The third-order valence-electron chi connectivity index (χ3n) is 3.12. The SMILES string of the molecule is Cc1ccccc1CN(C)C(=O)CSc1nccnc1N. The molecule has 110 valence electrons. The zero-order valence-corrected chi connectivity index (χ0v) is 12.9. The molecule has 0 aliphatic rings. The average molecular weight is 302 g/mol. The van der Waals surface area contributed by atoms with Gasteiger partial charge >= 0.3 is 0 Å². The second-order valence-electron chi connectivity index (χ2n) is 4.71. The van der Waals surface area contributed by atoms with Crippen LogP contribution in [0.5, 0.6) is 0 Å². The van der Waals surface area contributed by atoms with Crippen LogP contribution in [0.4, 0.5) is 5.82 Å². The van der Waals surface area contributed by atoms with Gasteiger partial charge in [-0.05, 0) is 18.1 Å². The summed E-state index contributed by atoms with van der Waals surface area (Å²) in [6.45, 7) is 2.64. The summed E-state index contributed by atoms with van der Waals surface area (Å²) >= 11 is 1.31. The van der Waals surface area contributed by atoms with E-state index in [-0.39, 0.29) is 5.91 Å². The molecule has 0 saturated carbocycles. The number of thioether (sulfide) groups is 1. The lowest BCUT2D eigenvalue weighted by molar-refractivity contribution is -0.127. The molecule has 1 amide bonds. The summed E-state index contributed by atoms with van der Waals surface area (Å²) in [6.07, 6.45) is 3.10. The summed E-state index contributed by atoms with van der Waals surface area (Å²) < 4.78 is 0. The minimum absolute atomic E-state index is 0.0355. The standard InChI is InChI=1S/C15H18N4OS/c1-11-5-3-4-6-12(11)9-19(2)13(20)10-21-15-14(16)17-7-8-18-15/h3-8H,9-10H2,1-2H3,(H2,16,17). The smallest absolute Gasteiger partial charge is 0.233 e. The molecule has 2 N–H and O–H groups in total. The number of nitrogens with zero attached hydrogens (tertiary/aromatic N) is 3. The van der Waals surface area contributed by atoms with E-state index in [1.807, 2.05) is 31.2 Å².